The van der Waals surface area contributed by atoms with Crippen molar-refractivity contribution in [3.8, 4) is 0 Å². The van der Waals surface area contributed by atoms with E-state index in [4.69, 9.17) is 16.3 Å². The molecule has 0 N–H and O–H groups in total. The fourth-order valence-electron chi connectivity index (χ4n) is 3.37. The molecule has 2 aromatic carbocycles. The molecule has 0 spiro atoms. The lowest BCUT2D eigenvalue weighted by atomic mass is 10.2. The Bertz CT molecular complexity index is 1040. The number of ether oxygens (including phenoxy) is 1. The molecule has 4 rings (SSSR count). The predicted molar refractivity (Wildman–Crippen MR) is 115 cm³/mol. The van der Waals surface area contributed by atoms with Gasteiger partial charge in [-0.05, 0) is 36.8 Å². The van der Waals surface area contributed by atoms with Gasteiger partial charge in [0.2, 0.25) is 0 Å². The van der Waals surface area contributed by atoms with Crippen molar-refractivity contribution in [3.63, 3.8) is 0 Å². The van der Waals surface area contributed by atoms with Crippen molar-refractivity contribution in [2.45, 2.75) is 6.42 Å². The van der Waals surface area contributed by atoms with E-state index >= 15 is 0 Å². The predicted octanol–water partition coefficient (Wildman–Crippen LogP) is 4.60. The van der Waals surface area contributed by atoms with Gasteiger partial charge in [-0.15, -0.1) is 0 Å². The second-order valence-electron chi connectivity index (χ2n) is 7.00. The summed E-state index contributed by atoms with van der Waals surface area (Å²) in [5.41, 5.74) is 0.523. The van der Waals surface area contributed by atoms with Gasteiger partial charge in [0.05, 0.1) is 17.9 Å². The van der Waals surface area contributed by atoms with Crippen LogP contribution in [0.15, 0.2) is 36.4 Å². The molecular weight excluding hydrogens is 432 g/mol. The van der Waals surface area contributed by atoms with Crippen LogP contribution in [0.5, 0.6) is 0 Å². The number of morpholine rings is 1. The van der Waals surface area contributed by atoms with E-state index in [0.29, 0.717) is 46.6 Å². The van der Waals surface area contributed by atoms with Gasteiger partial charge < -0.3 is 4.74 Å². The van der Waals surface area contributed by atoms with E-state index in [9.17, 15) is 13.6 Å². The summed E-state index contributed by atoms with van der Waals surface area (Å²) in [6.07, 6.45) is 0.714. The van der Waals surface area contributed by atoms with Gasteiger partial charge in [0.25, 0.3) is 5.91 Å². The molecular formula is C21H20ClF2N3O2S. The van der Waals surface area contributed by atoms with Gasteiger partial charge in [-0.1, -0.05) is 22.9 Å². The Labute approximate surface area is 181 Å². The number of halogens is 3. The van der Waals surface area contributed by atoms with Crippen LogP contribution in [0.25, 0.3) is 10.2 Å². The van der Waals surface area contributed by atoms with E-state index in [1.807, 2.05) is 0 Å². The highest BCUT2D eigenvalue weighted by atomic mass is 35.5. The zero-order valence-corrected chi connectivity index (χ0v) is 17.7. The van der Waals surface area contributed by atoms with Crippen LogP contribution in [0.1, 0.15) is 16.8 Å². The molecule has 1 saturated heterocycles. The molecule has 1 amide bonds. The molecule has 5 nitrogen and oxygen atoms in total. The third-order valence-corrected chi connectivity index (χ3v) is 6.21. The molecule has 0 saturated carbocycles. The molecule has 1 fully saturated rings. The average molecular weight is 452 g/mol. The fourth-order valence-corrected chi connectivity index (χ4v) is 4.53. The van der Waals surface area contributed by atoms with Gasteiger partial charge in [-0.2, -0.15) is 0 Å². The van der Waals surface area contributed by atoms with E-state index in [1.54, 1.807) is 24.3 Å². The number of carbonyl (C=O) groups is 1. The number of benzene rings is 2. The topological polar surface area (TPSA) is 45.7 Å². The SMILES string of the molecule is O=C(c1ccc(Cl)cc1)N(CCCN1CCOCC1)c1nc2c(F)cc(F)cc2s1. The molecule has 2 heterocycles. The number of anilines is 1. The monoisotopic (exact) mass is 451 g/mol. The van der Waals surface area contributed by atoms with Crippen LogP contribution >= 0.6 is 22.9 Å². The molecule has 0 radical (unpaired) electrons. The normalized spacial score (nSPS) is 14.9. The Morgan fingerprint density at radius 2 is 1.93 bits per heavy atom. The summed E-state index contributed by atoms with van der Waals surface area (Å²) >= 11 is 7.04. The molecule has 158 valence electrons. The third-order valence-electron chi connectivity index (χ3n) is 4.93. The largest absolute Gasteiger partial charge is 0.379 e. The number of thiazole rings is 1. The number of carbonyl (C=O) groups excluding carboxylic acids is 1. The van der Waals surface area contributed by atoms with E-state index in [-0.39, 0.29) is 11.4 Å². The van der Waals surface area contributed by atoms with Gasteiger partial charge in [0.15, 0.2) is 10.9 Å². The molecule has 9 heteroatoms. The van der Waals surface area contributed by atoms with Gasteiger partial charge >= 0.3 is 0 Å². The Balaban J connectivity index is 1.59. The highest BCUT2D eigenvalue weighted by Crippen LogP contribution is 2.32. The summed E-state index contributed by atoms with van der Waals surface area (Å²) in [7, 11) is 0. The minimum atomic E-state index is -0.736. The Morgan fingerprint density at radius 1 is 1.20 bits per heavy atom. The number of aromatic nitrogens is 1. The zero-order chi connectivity index (χ0) is 21.1. The summed E-state index contributed by atoms with van der Waals surface area (Å²) in [6, 6.07) is 8.62. The van der Waals surface area contributed by atoms with Gasteiger partial charge in [0, 0.05) is 42.8 Å². The van der Waals surface area contributed by atoms with Crippen molar-refractivity contribution in [1.29, 1.82) is 0 Å². The zero-order valence-electron chi connectivity index (χ0n) is 16.1. The van der Waals surface area contributed by atoms with E-state index in [2.05, 4.69) is 9.88 Å². The van der Waals surface area contributed by atoms with Crippen molar-refractivity contribution in [1.82, 2.24) is 9.88 Å². The minimum absolute atomic E-state index is 0.0680. The molecule has 1 aliphatic heterocycles. The highest BCUT2D eigenvalue weighted by molar-refractivity contribution is 7.22. The molecule has 30 heavy (non-hydrogen) atoms. The Kier molecular flexibility index (Phi) is 6.58. The molecule has 0 unspecified atom stereocenters. The molecule has 3 aromatic rings. The van der Waals surface area contributed by atoms with Crippen LogP contribution in [-0.4, -0.2) is 55.2 Å². The first-order valence-corrected chi connectivity index (χ1v) is 10.8. The summed E-state index contributed by atoms with van der Waals surface area (Å²) in [5, 5.41) is 0.874. The van der Waals surface area contributed by atoms with Crippen LogP contribution in [0.2, 0.25) is 5.02 Å². The standard InChI is InChI=1S/C21H20ClF2N3O2S/c22-15-4-2-14(3-5-15)20(28)27(7-1-6-26-8-10-29-11-9-26)21-25-19-17(24)12-16(23)13-18(19)30-21/h2-5,12-13H,1,6-11H2. The summed E-state index contributed by atoms with van der Waals surface area (Å²) in [6.45, 7) is 4.34. The summed E-state index contributed by atoms with van der Waals surface area (Å²) in [5.74, 6) is -1.66. The third kappa shape index (κ3) is 4.78. The Hall–Kier alpha value is -2.13. The number of fused-ring (bicyclic) bond motifs is 1. The van der Waals surface area contributed by atoms with Crippen LogP contribution in [-0.2, 0) is 4.74 Å². The van der Waals surface area contributed by atoms with Gasteiger partial charge in [-0.25, -0.2) is 13.8 Å². The average Bonchev–Trinajstić information content (AvgIpc) is 3.16. The van der Waals surface area contributed by atoms with Crippen LogP contribution in [0.4, 0.5) is 13.9 Å². The van der Waals surface area contributed by atoms with E-state index in [0.717, 1.165) is 37.0 Å². The minimum Gasteiger partial charge on any atom is -0.379 e. The quantitative estimate of drug-likeness (QED) is 0.549. The summed E-state index contributed by atoms with van der Waals surface area (Å²) in [4.78, 5) is 21.3. The van der Waals surface area contributed by atoms with E-state index in [1.165, 1.54) is 11.0 Å². The molecule has 0 atom stereocenters. The van der Waals surface area contributed by atoms with Crippen LogP contribution in [0, 0.1) is 11.6 Å². The van der Waals surface area contributed by atoms with Crippen molar-refractivity contribution in [3.05, 3.63) is 58.6 Å². The van der Waals surface area contributed by atoms with Crippen molar-refractivity contribution < 1.29 is 18.3 Å². The van der Waals surface area contributed by atoms with Gasteiger partial charge in [-0.3, -0.25) is 14.6 Å². The first-order valence-electron chi connectivity index (χ1n) is 9.64. The number of rotatable bonds is 6. The molecule has 1 aromatic heterocycles. The first kappa shape index (κ1) is 21.1. The maximum absolute atomic E-state index is 14.2. The summed E-state index contributed by atoms with van der Waals surface area (Å²) < 4.78 is 33.5. The lowest BCUT2D eigenvalue weighted by Gasteiger charge is -2.27. The number of nitrogens with zero attached hydrogens (tertiary/aromatic N) is 3. The lowest BCUT2D eigenvalue weighted by molar-refractivity contribution is 0.0376. The van der Waals surface area contributed by atoms with E-state index < -0.39 is 11.6 Å². The van der Waals surface area contributed by atoms with Crippen molar-refractivity contribution in [2.75, 3.05) is 44.3 Å². The second-order valence-corrected chi connectivity index (χ2v) is 8.45. The number of hydrogen-bond donors (Lipinski definition) is 0. The van der Waals surface area contributed by atoms with Crippen LogP contribution < -0.4 is 4.90 Å². The highest BCUT2D eigenvalue weighted by Gasteiger charge is 2.23. The lowest BCUT2D eigenvalue weighted by Crippen LogP contribution is -2.39. The maximum Gasteiger partial charge on any atom is 0.260 e. The van der Waals surface area contributed by atoms with Crippen molar-refractivity contribution in [2.24, 2.45) is 0 Å². The smallest absolute Gasteiger partial charge is 0.260 e. The molecule has 1 aliphatic rings. The second kappa shape index (κ2) is 9.34. The van der Waals surface area contributed by atoms with Gasteiger partial charge in [0.1, 0.15) is 11.3 Å². The number of amides is 1. The van der Waals surface area contributed by atoms with Crippen molar-refractivity contribution >= 4 is 44.2 Å². The van der Waals surface area contributed by atoms with Crippen LogP contribution in [0.3, 0.4) is 0 Å². The Morgan fingerprint density at radius 3 is 2.67 bits per heavy atom. The molecule has 0 aliphatic carbocycles. The molecule has 0 bridgehead atoms. The number of hydrogen-bond acceptors (Lipinski definition) is 5. The first-order chi connectivity index (χ1) is 14.5. The maximum atomic E-state index is 14.2. The fraction of sp³-hybridized carbons (Fsp3) is 0.333.